The normalized spacial score (nSPS) is 13.7. The molecule has 0 saturated carbocycles. The number of hydrogen-bond donors (Lipinski definition) is 2. The van der Waals surface area contributed by atoms with Gasteiger partial charge in [-0.05, 0) is 24.7 Å². The third-order valence-corrected chi connectivity index (χ3v) is 3.74. The van der Waals surface area contributed by atoms with Crippen molar-refractivity contribution in [3.8, 4) is 0 Å². The van der Waals surface area contributed by atoms with Crippen LogP contribution in [0.4, 0.5) is 4.39 Å². The summed E-state index contributed by atoms with van der Waals surface area (Å²) < 4.78 is 36.2. The van der Waals surface area contributed by atoms with Crippen molar-refractivity contribution in [2.75, 3.05) is 19.8 Å². The lowest BCUT2D eigenvalue weighted by Crippen LogP contribution is -2.17. The molecule has 7 heteroatoms. The maximum absolute atomic E-state index is 13.6. The molecule has 2 N–H and O–H groups in total. The van der Waals surface area contributed by atoms with Crippen molar-refractivity contribution < 1.29 is 17.9 Å². The predicted molar refractivity (Wildman–Crippen MR) is 63.4 cm³/mol. The molecule has 1 aromatic rings. The van der Waals surface area contributed by atoms with Crippen LogP contribution in [-0.2, 0) is 9.84 Å². The molecule has 0 fully saturated rings. The third-order valence-electron chi connectivity index (χ3n) is 2.17. The molecule has 1 atom stereocenters. The zero-order valence-corrected chi connectivity index (χ0v) is 10.9. The summed E-state index contributed by atoms with van der Waals surface area (Å²) in [6.45, 7) is 0.216. The molecule has 0 aromatic heterocycles. The Morgan fingerprint density at radius 2 is 2.12 bits per heavy atom. The first-order chi connectivity index (χ1) is 7.77. The van der Waals surface area contributed by atoms with Crippen LogP contribution in [0.15, 0.2) is 17.0 Å². The van der Waals surface area contributed by atoms with Gasteiger partial charge in [0.25, 0.3) is 0 Å². The van der Waals surface area contributed by atoms with E-state index >= 15 is 0 Å². The van der Waals surface area contributed by atoms with E-state index in [4.69, 9.17) is 11.6 Å². The molecule has 1 rings (SSSR count). The van der Waals surface area contributed by atoms with Crippen LogP contribution >= 0.6 is 11.6 Å². The van der Waals surface area contributed by atoms with Gasteiger partial charge in [0, 0.05) is 12.8 Å². The first kappa shape index (κ1) is 14.4. The van der Waals surface area contributed by atoms with Gasteiger partial charge in [0.1, 0.15) is 10.7 Å². The second-order valence-electron chi connectivity index (χ2n) is 3.66. The van der Waals surface area contributed by atoms with E-state index in [0.29, 0.717) is 0 Å². The van der Waals surface area contributed by atoms with Crippen molar-refractivity contribution in [3.05, 3.63) is 28.5 Å². The Bertz CT molecular complexity index is 495. The highest BCUT2D eigenvalue weighted by atomic mass is 35.5. The van der Waals surface area contributed by atoms with Gasteiger partial charge >= 0.3 is 0 Å². The van der Waals surface area contributed by atoms with E-state index < -0.39 is 26.7 Å². The van der Waals surface area contributed by atoms with Crippen LogP contribution in [0.25, 0.3) is 0 Å². The monoisotopic (exact) mass is 281 g/mol. The molecular formula is C10H13ClFNO3S. The fourth-order valence-corrected chi connectivity index (χ4v) is 2.90. The van der Waals surface area contributed by atoms with Crippen LogP contribution in [0.5, 0.6) is 0 Å². The number of halogens is 2. The number of aliphatic hydroxyl groups is 1. The molecule has 0 heterocycles. The van der Waals surface area contributed by atoms with E-state index in [9.17, 15) is 17.9 Å². The lowest BCUT2D eigenvalue weighted by atomic mass is 10.1. The Kier molecular flexibility index (Phi) is 4.48. The van der Waals surface area contributed by atoms with Gasteiger partial charge in [0.2, 0.25) is 0 Å². The smallest absolute Gasteiger partial charge is 0.179 e. The number of nitrogens with one attached hydrogen (secondary N) is 1. The van der Waals surface area contributed by atoms with E-state index in [-0.39, 0.29) is 17.1 Å². The van der Waals surface area contributed by atoms with Gasteiger partial charge in [-0.2, -0.15) is 0 Å². The lowest BCUT2D eigenvalue weighted by molar-refractivity contribution is 0.177. The summed E-state index contributed by atoms with van der Waals surface area (Å²) >= 11 is 5.71. The van der Waals surface area contributed by atoms with Gasteiger partial charge in [-0.25, -0.2) is 12.8 Å². The van der Waals surface area contributed by atoms with Crippen molar-refractivity contribution >= 4 is 21.4 Å². The number of rotatable bonds is 4. The molecule has 0 radical (unpaired) electrons. The highest BCUT2D eigenvalue weighted by Gasteiger charge is 2.21. The highest BCUT2D eigenvalue weighted by Crippen LogP contribution is 2.28. The van der Waals surface area contributed by atoms with Gasteiger partial charge in [0.15, 0.2) is 9.84 Å². The van der Waals surface area contributed by atoms with Crippen molar-refractivity contribution in [1.82, 2.24) is 5.32 Å². The molecule has 96 valence electrons. The summed E-state index contributed by atoms with van der Waals surface area (Å²) in [4.78, 5) is -0.542. The summed E-state index contributed by atoms with van der Waals surface area (Å²) in [5, 5.41) is 12.1. The van der Waals surface area contributed by atoms with Gasteiger partial charge in [-0.15, -0.1) is 0 Å². The van der Waals surface area contributed by atoms with Crippen molar-refractivity contribution in [1.29, 1.82) is 0 Å². The molecular weight excluding hydrogens is 269 g/mol. The molecule has 0 spiro atoms. The van der Waals surface area contributed by atoms with Crippen molar-refractivity contribution in [3.63, 3.8) is 0 Å². The summed E-state index contributed by atoms with van der Waals surface area (Å²) in [6, 6.07) is 2.23. The molecule has 1 aromatic carbocycles. The average Bonchev–Trinajstić information content (AvgIpc) is 2.14. The average molecular weight is 282 g/mol. The highest BCUT2D eigenvalue weighted by molar-refractivity contribution is 7.90. The fraction of sp³-hybridized carbons (Fsp3) is 0.400. The van der Waals surface area contributed by atoms with E-state index in [0.717, 1.165) is 12.3 Å². The Morgan fingerprint density at radius 3 is 2.53 bits per heavy atom. The van der Waals surface area contributed by atoms with Crippen molar-refractivity contribution in [2.24, 2.45) is 0 Å². The molecule has 0 saturated heterocycles. The van der Waals surface area contributed by atoms with E-state index in [1.54, 1.807) is 7.05 Å². The largest absolute Gasteiger partial charge is 0.387 e. The quantitative estimate of drug-likeness (QED) is 0.868. The Balaban J connectivity index is 3.28. The van der Waals surface area contributed by atoms with Gasteiger partial charge in [-0.3, -0.25) is 0 Å². The first-order valence-electron chi connectivity index (χ1n) is 4.79. The molecule has 0 aliphatic heterocycles. The predicted octanol–water partition coefficient (Wildman–Crippen LogP) is 1.14. The van der Waals surface area contributed by atoms with Gasteiger partial charge < -0.3 is 10.4 Å². The molecule has 4 nitrogen and oxygen atoms in total. The van der Waals surface area contributed by atoms with Crippen molar-refractivity contribution in [2.45, 2.75) is 11.0 Å². The fourth-order valence-electron chi connectivity index (χ4n) is 1.44. The van der Waals surface area contributed by atoms with Crippen LogP contribution < -0.4 is 5.32 Å². The standard InChI is InChI=1S/C10H13ClFNO3S/c1-13-5-9(14)6-3-7(11)10(8(12)4-6)17(2,15)16/h3-4,9,13-14H,5H2,1-2H3. The molecule has 0 aliphatic rings. The Morgan fingerprint density at radius 1 is 1.53 bits per heavy atom. The second kappa shape index (κ2) is 5.30. The zero-order valence-electron chi connectivity index (χ0n) is 9.37. The topological polar surface area (TPSA) is 66.4 Å². The summed E-state index contributed by atoms with van der Waals surface area (Å²) in [6.07, 6.45) is -0.0679. The number of benzene rings is 1. The van der Waals surface area contributed by atoms with Gasteiger partial charge in [0.05, 0.1) is 11.1 Å². The minimum Gasteiger partial charge on any atom is -0.387 e. The van der Waals surface area contributed by atoms with Crippen LogP contribution in [0.2, 0.25) is 5.02 Å². The molecule has 1 unspecified atom stereocenters. The van der Waals surface area contributed by atoms with E-state index in [1.807, 2.05) is 0 Å². The van der Waals surface area contributed by atoms with E-state index in [2.05, 4.69) is 5.32 Å². The summed E-state index contributed by atoms with van der Waals surface area (Å²) in [5.74, 6) is -0.954. The second-order valence-corrected chi connectivity index (χ2v) is 6.02. The molecule has 0 amide bonds. The van der Waals surface area contributed by atoms with Crippen LogP contribution in [-0.4, -0.2) is 33.4 Å². The number of aliphatic hydroxyl groups excluding tert-OH is 1. The number of hydrogen-bond acceptors (Lipinski definition) is 4. The lowest BCUT2D eigenvalue weighted by Gasteiger charge is -2.12. The van der Waals surface area contributed by atoms with Crippen LogP contribution in [0.1, 0.15) is 11.7 Å². The number of sulfone groups is 1. The zero-order chi connectivity index (χ0) is 13.2. The van der Waals surface area contributed by atoms with E-state index in [1.165, 1.54) is 6.07 Å². The summed E-state index contributed by atoms with van der Waals surface area (Å²) in [7, 11) is -2.09. The van der Waals surface area contributed by atoms with Crippen LogP contribution in [0.3, 0.4) is 0 Å². The first-order valence-corrected chi connectivity index (χ1v) is 7.06. The third kappa shape index (κ3) is 3.38. The minimum atomic E-state index is -3.72. The Labute approximate surface area is 104 Å². The Hall–Kier alpha value is -0.690. The maximum Gasteiger partial charge on any atom is 0.179 e. The summed E-state index contributed by atoms with van der Waals surface area (Å²) in [5.41, 5.74) is 0.231. The molecule has 0 aliphatic carbocycles. The maximum atomic E-state index is 13.6. The molecule has 17 heavy (non-hydrogen) atoms. The minimum absolute atomic E-state index is 0.216. The van der Waals surface area contributed by atoms with Gasteiger partial charge in [-0.1, -0.05) is 11.6 Å². The van der Waals surface area contributed by atoms with Crippen LogP contribution in [0, 0.1) is 5.82 Å². The number of likely N-dealkylation sites (N-methyl/N-ethyl adjacent to an activating group) is 1. The molecule has 0 bridgehead atoms. The SMILES string of the molecule is CNCC(O)c1cc(F)c(S(C)(=O)=O)c(Cl)c1.